The number of fused-ring (bicyclic) bond motifs is 1. The number of carbonyl (C=O) groups excluding carboxylic acids is 2. The minimum atomic E-state index is -0.901. The Balaban J connectivity index is 2.39. The first-order valence-corrected chi connectivity index (χ1v) is 4.76. The fourth-order valence-corrected chi connectivity index (χ4v) is 1.53. The molecule has 7 heteroatoms. The molecule has 1 aliphatic heterocycles. The van der Waals surface area contributed by atoms with Crippen LogP contribution in [0.5, 0.6) is 0 Å². The number of H-pyrrole nitrogens is 1. The third-order valence-electron chi connectivity index (χ3n) is 2.26. The van der Waals surface area contributed by atoms with E-state index in [1.54, 1.807) is 18.5 Å². The van der Waals surface area contributed by atoms with Gasteiger partial charge in [-0.05, 0) is 6.07 Å². The molecule has 1 aliphatic rings. The fourth-order valence-electron chi connectivity index (χ4n) is 1.53. The molecule has 82 valence electrons. The van der Waals surface area contributed by atoms with Gasteiger partial charge in [-0.3, -0.25) is 9.59 Å². The van der Waals surface area contributed by atoms with Crippen LogP contribution in [0.25, 0.3) is 11.4 Å². The van der Waals surface area contributed by atoms with Crippen LogP contribution in [0, 0.1) is 0 Å². The summed E-state index contributed by atoms with van der Waals surface area (Å²) >= 11 is 0. The van der Waals surface area contributed by atoms with Crippen LogP contribution in [0.4, 0.5) is 0 Å². The van der Waals surface area contributed by atoms with Crippen LogP contribution >= 0.6 is 0 Å². The molecule has 7 nitrogen and oxygen atoms in total. The smallest absolute Gasteiger partial charge is 0.339 e. The maximum Gasteiger partial charge on any atom is 0.339 e. The van der Waals surface area contributed by atoms with Gasteiger partial charge in [0.2, 0.25) is 0 Å². The molecule has 0 saturated carbocycles. The zero-order chi connectivity index (χ0) is 11.8. The number of aromatic amines is 1. The highest BCUT2D eigenvalue weighted by atomic mass is 16.2. The molecule has 2 aromatic heterocycles. The van der Waals surface area contributed by atoms with Gasteiger partial charge in [-0.25, -0.2) is 15.0 Å². The number of nitrogens with one attached hydrogen (secondary N) is 1. The van der Waals surface area contributed by atoms with Crippen molar-refractivity contribution in [3.8, 4) is 11.4 Å². The van der Waals surface area contributed by atoms with Gasteiger partial charge in [0.1, 0.15) is 11.2 Å². The predicted octanol–water partition coefficient (Wildman–Crippen LogP) is -1.22. The zero-order valence-electron chi connectivity index (χ0n) is 8.41. The molecule has 0 aromatic carbocycles. The van der Waals surface area contributed by atoms with E-state index in [0.29, 0.717) is 11.4 Å². The Morgan fingerprint density at radius 3 is 2.59 bits per heavy atom. The first-order valence-electron chi connectivity index (χ1n) is 4.76. The van der Waals surface area contributed by atoms with Crippen molar-refractivity contribution in [2.75, 3.05) is 0 Å². The minimum absolute atomic E-state index is 0.142. The Morgan fingerprint density at radius 2 is 1.82 bits per heavy atom. The first kappa shape index (κ1) is 9.52. The number of rotatable bonds is 1. The molecule has 2 amide bonds. The molecule has 17 heavy (non-hydrogen) atoms. The molecule has 0 atom stereocenters. The number of imidazole rings is 1. The standard InChI is InChI=1S/C10H5N5O2/c16-9-10(17)15-8-6(14-9)5(1-2-11-8)7-12-3-4-13-7/h1-4H,(H,12,13). The lowest BCUT2D eigenvalue weighted by molar-refractivity contribution is -0.135. The summed E-state index contributed by atoms with van der Waals surface area (Å²) in [6, 6.07) is 1.65. The van der Waals surface area contributed by atoms with Gasteiger partial charge < -0.3 is 4.98 Å². The third kappa shape index (κ3) is 1.44. The molecule has 2 aromatic rings. The molecule has 0 aliphatic carbocycles. The van der Waals surface area contributed by atoms with Gasteiger partial charge in [-0.2, -0.15) is 4.99 Å². The van der Waals surface area contributed by atoms with Crippen molar-refractivity contribution >= 4 is 11.8 Å². The van der Waals surface area contributed by atoms with E-state index in [0.717, 1.165) is 0 Å². The van der Waals surface area contributed by atoms with E-state index < -0.39 is 11.8 Å². The van der Waals surface area contributed by atoms with Crippen molar-refractivity contribution in [1.82, 2.24) is 15.0 Å². The van der Waals surface area contributed by atoms with Crippen molar-refractivity contribution in [3.05, 3.63) is 35.5 Å². The number of nitrogens with zero attached hydrogens (tertiary/aromatic N) is 4. The molecule has 0 spiro atoms. The van der Waals surface area contributed by atoms with Crippen LogP contribution in [-0.2, 0) is 9.59 Å². The Labute approximate surface area is 94.0 Å². The van der Waals surface area contributed by atoms with Gasteiger partial charge in [0.25, 0.3) is 0 Å². The molecule has 0 unspecified atom stereocenters. The van der Waals surface area contributed by atoms with Gasteiger partial charge in [-0.1, -0.05) is 0 Å². The number of aromatic nitrogens is 3. The van der Waals surface area contributed by atoms with E-state index in [1.807, 2.05) is 0 Å². The molecule has 0 saturated heterocycles. The second kappa shape index (κ2) is 3.41. The molecule has 3 rings (SSSR count). The molecule has 3 heterocycles. The quantitative estimate of drug-likeness (QED) is 0.617. The lowest BCUT2D eigenvalue weighted by Crippen LogP contribution is -2.38. The third-order valence-corrected chi connectivity index (χ3v) is 2.26. The second-order valence-corrected chi connectivity index (χ2v) is 3.30. The Hall–Kier alpha value is -2.70. The molecular formula is C10H5N5O2. The van der Waals surface area contributed by atoms with E-state index in [4.69, 9.17) is 0 Å². The summed E-state index contributed by atoms with van der Waals surface area (Å²) < 4.78 is 0. The number of hydrogen-bond donors (Lipinski definition) is 1. The topological polar surface area (TPSA) is 100 Å². The molecular weight excluding hydrogens is 222 g/mol. The second-order valence-electron chi connectivity index (χ2n) is 3.30. The van der Waals surface area contributed by atoms with Crippen LogP contribution in [0.15, 0.2) is 34.6 Å². The van der Waals surface area contributed by atoms with Crippen LogP contribution in [0.1, 0.15) is 0 Å². The number of carbonyl (C=O) groups is 2. The molecule has 0 bridgehead atoms. The highest BCUT2D eigenvalue weighted by Crippen LogP contribution is 2.06. The van der Waals surface area contributed by atoms with Gasteiger partial charge in [0.15, 0.2) is 5.49 Å². The highest BCUT2D eigenvalue weighted by molar-refractivity contribution is 6.36. The van der Waals surface area contributed by atoms with Gasteiger partial charge in [0, 0.05) is 24.2 Å². The summed E-state index contributed by atoms with van der Waals surface area (Å²) in [5, 5.41) is 0.270. The maximum atomic E-state index is 11.2. The summed E-state index contributed by atoms with van der Waals surface area (Å²) in [6.45, 7) is 0. The normalized spacial score (nSPS) is 13.9. The average Bonchev–Trinajstić information content (AvgIpc) is 2.83. The van der Waals surface area contributed by atoms with Crippen molar-refractivity contribution in [2.45, 2.75) is 0 Å². The van der Waals surface area contributed by atoms with E-state index >= 15 is 0 Å². The van der Waals surface area contributed by atoms with E-state index in [2.05, 4.69) is 24.9 Å². The van der Waals surface area contributed by atoms with Gasteiger partial charge in [0.05, 0.1) is 0 Å². The van der Waals surface area contributed by atoms with Crippen LogP contribution in [-0.4, -0.2) is 26.8 Å². The lowest BCUT2D eigenvalue weighted by Gasteiger charge is -2.00. The van der Waals surface area contributed by atoms with Crippen molar-refractivity contribution in [1.29, 1.82) is 0 Å². The number of amides is 2. The monoisotopic (exact) mass is 227 g/mol. The molecule has 0 radical (unpaired) electrons. The largest absolute Gasteiger partial charge is 0.345 e. The van der Waals surface area contributed by atoms with E-state index in [-0.39, 0.29) is 10.8 Å². The van der Waals surface area contributed by atoms with Gasteiger partial charge in [-0.15, -0.1) is 0 Å². The highest BCUT2D eigenvalue weighted by Gasteiger charge is 2.18. The van der Waals surface area contributed by atoms with Crippen molar-refractivity contribution in [2.24, 2.45) is 9.98 Å². The predicted molar refractivity (Wildman–Crippen MR) is 54.1 cm³/mol. The lowest BCUT2D eigenvalue weighted by atomic mass is 10.2. The van der Waals surface area contributed by atoms with Crippen molar-refractivity contribution in [3.63, 3.8) is 0 Å². The Morgan fingerprint density at radius 1 is 1.00 bits per heavy atom. The van der Waals surface area contributed by atoms with Crippen LogP contribution in [0.2, 0.25) is 0 Å². The summed E-state index contributed by atoms with van der Waals surface area (Å²) in [5.74, 6) is -1.25. The minimum Gasteiger partial charge on any atom is -0.345 e. The van der Waals surface area contributed by atoms with E-state index in [9.17, 15) is 9.59 Å². The molecule has 0 fully saturated rings. The SMILES string of the molecule is O=C1N=c2nccc(-c3ncc[nH]3)c2=NC1=O. The van der Waals surface area contributed by atoms with Crippen molar-refractivity contribution < 1.29 is 9.59 Å². The first-order chi connectivity index (χ1) is 8.25. The summed E-state index contributed by atoms with van der Waals surface area (Å²) in [5.41, 5.74) is 0.730. The Bertz CT molecular complexity index is 733. The number of hydrogen-bond acceptors (Lipinski definition) is 4. The maximum absolute atomic E-state index is 11.2. The van der Waals surface area contributed by atoms with Crippen LogP contribution in [0.3, 0.4) is 0 Å². The summed E-state index contributed by atoms with van der Waals surface area (Å²) in [4.78, 5) is 40.4. The molecule has 1 N–H and O–H groups in total. The van der Waals surface area contributed by atoms with Gasteiger partial charge >= 0.3 is 11.8 Å². The summed E-state index contributed by atoms with van der Waals surface area (Å²) in [7, 11) is 0. The summed E-state index contributed by atoms with van der Waals surface area (Å²) in [6.07, 6.45) is 4.71. The average molecular weight is 227 g/mol. The number of pyridine rings is 1. The fraction of sp³-hybridized carbons (Fsp3) is 0. The zero-order valence-corrected chi connectivity index (χ0v) is 8.41. The van der Waals surface area contributed by atoms with E-state index in [1.165, 1.54) is 6.20 Å². The Kier molecular flexibility index (Phi) is 1.91. The van der Waals surface area contributed by atoms with Crippen LogP contribution < -0.4 is 10.8 Å².